The minimum atomic E-state index is -0.273. The minimum Gasteiger partial charge on any atom is -0.353 e. The van der Waals surface area contributed by atoms with Gasteiger partial charge in [-0.1, -0.05) is 61.8 Å². The summed E-state index contributed by atoms with van der Waals surface area (Å²) in [5.41, 5.74) is 0.698. The van der Waals surface area contributed by atoms with Gasteiger partial charge in [-0.25, -0.2) is 4.68 Å². The molecule has 2 aromatic carbocycles. The van der Waals surface area contributed by atoms with Gasteiger partial charge in [0.15, 0.2) is 0 Å². The van der Waals surface area contributed by atoms with E-state index in [0.29, 0.717) is 17.0 Å². The maximum atomic E-state index is 12.6. The van der Waals surface area contributed by atoms with Gasteiger partial charge < -0.3 is 5.32 Å². The molecule has 1 N–H and O–H groups in total. The average Bonchev–Trinajstić information content (AvgIpc) is 2.74. The SMILES string of the molecule is CCN(CC)C(CNC(=O)Cn1ncc2ccccc2c1=O)c1ccccc1Cl. The number of aromatic nitrogens is 2. The Morgan fingerprint density at radius 2 is 1.83 bits per heavy atom. The van der Waals surface area contributed by atoms with Crippen LogP contribution in [-0.2, 0) is 11.3 Å². The fourth-order valence-corrected chi connectivity index (χ4v) is 3.75. The topological polar surface area (TPSA) is 67.2 Å². The van der Waals surface area contributed by atoms with E-state index in [-0.39, 0.29) is 24.1 Å². The van der Waals surface area contributed by atoms with Crippen molar-refractivity contribution in [3.05, 3.63) is 75.7 Å². The molecular weight excluding hydrogens is 388 g/mol. The van der Waals surface area contributed by atoms with E-state index in [1.807, 2.05) is 36.4 Å². The zero-order chi connectivity index (χ0) is 20.8. The van der Waals surface area contributed by atoms with Gasteiger partial charge in [0.05, 0.1) is 17.6 Å². The smallest absolute Gasteiger partial charge is 0.275 e. The van der Waals surface area contributed by atoms with Crippen molar-refractivity contribution < 1.29 is 4.79 Å². The third kappa shape index (κ3) is 4.83. The van der Waals surface area contributed by atoms with E-state index in [0.717, 1.165) is 24.0 Å². The van der Waals surface area contributed by atoms with Crippen LogP contribution in [0.3, 0.4) is 0 Å². The Bertz CT molecular complexity index is 1050. The second-order valence-electron chi connectivity index (χ2n) is 6.76. The number of carbonyl (C=O) groups is 1. The van der Waals surface area contributed by atoms with Crippen molar-refractivity contribution in [2.75, 3.05) is 19.6 Å². The van der Waals surface area contributed by atoms with Crippen molar-refractivity contribution >= 4 is 28.3 Å². The van der Waals surface area contributed by atoms with E-state index in [1.165, 1.54) is 4.68 Å². The first-order valence-corrected chi connectivity index (χ1v) is 10.1. The van der Waals surface area contributed by atoms with Gasteiger partial charge in [-0.2, -0.15) is 5.10 Å². The van der Waals surface area contributed by atoms with Crippen LogP contribution < -0.4 is 10.9 Å². The number of likely N-dealkylation sites (N-methyl/N-ethyl adjacent to an activating group) is 1. The Labute approximate surface area is 175 Å². The van der Waals surface area contributed by atoms with Crippen LogP contribution >= 0.6 is 11.6 Å². The number of carbonyl (C=O) groups excluding carboxylic acids is 1. The van der Waals surface area contributed by atoms with Crippen LogP contribution in [0, 0.1) is 0 Å². The van der Waals surface area contributed by atoms with E-state index in [2.05, 4.69) is 29.2 Å². The number of nitrogens with one attached hydrogen (secondary N) is 1. The Hall–Kier alpha value is -2.70. The fourth-order valence-electron chi connectivity index (χ4n) is 3.49. The van der Waals surface area contributed by atoms with E-state index in [9.17, 15) is 9.59 Å². The monoisotopic (exact) mass is 412 g/mol. The van der Waals surface area contributed by atoms with Crippen molar-refractivity contribution in [1.82, 2.24) is 20.0 Å². The summed E-state index contributed by atoms with van der Waals surface area (Å²) in [7, 11) is 0. The van der Waals surface area contributed by atoms with Crippen LogP contribution in [0.1, 0.15) is 25.5 Å². The average molecular weight is 413 g/mol. The van der Waals surface area contributed by atoms with Gasteiger partial charge >= 0.3 is 0 Å². The predicted octanol–water partition coefficient (Wildman–Crippen LogP) is 3.25. The molecular formula is C22H25ClN4O2. The maximum Gasteiger partial charge on any atom is 0.275 e. The third-order valence-electron chi connectivity index (χ3n) is 5.07. The highest BCUT2D eigenvalue weighted by Gasteiger charge is 2.21. The third-order valence-corrected chi connectivity index (χ3v) is 5.41. The minimum absolute atomic E-state index is 0.0519. The fraction of sp³-hybridized carbons (Fsp3) is 0.318. The molecule has 1 unspecified atom stereocenters. The van der Waals surface area contributed by atoms with Crippen molar-refractivity contribution in [3.63, 3.8) is 0 Å². The van der Waals surface area contributed by atoms with Gasteiger partial charge in [0.2, 0.25) is 5.91 Å². The molecule has 0 saturated heterocycles. The van der Waals surface area contributed by atoms with Gasteiger partial charge in [0, 0.05) is 17.0 Å². The highest BCUT2D eigenvalue weighted by Crippen LogP contribution is 2.26. The number of hydrogen-bond acceptors (Lipinski definition) is 4. The lowest BCUT2D eigenvalue weighted by Crippen LogP contribution is -2.40. The first-order chi connectivity index (χ1) is 14.0. The van der Waals surface area contributed by atoms with Crippen molar-refractivity contribution in [2.24, 2.45) is 0 Å². The van der Waals surface area contributed by atoms with Crippen LogP contribution in [0.2, 0.25) is 5.02 Å². The van der Waals surface area contributed by atoms with Gasteiger partial charge in [0.25, 0.3) is 5.56 Å². The molecule has 7 heteroatoms. The molecule has 3 aromatic rings. The maximum absolute atomic E-state index is 12.6. The Balaban J connectivity index is 1.74. The first-order valence-electron chi connectivity index (χ1n) is 9.75. The standard InChI is InChI=1S/C22H25ClN4O2/c1-3-26(4-2)20(18-11-7-8-12-19(18)23)14-24-21(28)15-27-22(29)17-10-6-5-9-16(17)13-25-27/h5-13,20H,3-4,14-15H2,1-2H3,(H,24,28). The first kappa shape index (κ1) is 21.0. The molecule has 1 aromatic heterocycles. The number of hydrogen-bond donors (Lipinski definition) is 1. The Morgan fingerprint density at radius 3 is 2.55 bits per heavy atom. The lowest BCUT2D eigenvalue weighted by molar-refractivity contribution is -0.122. The number of nitrogens with zero attached hydrogens (tertiary/aromatic N) is 3. The molecule has 1 heterocycles. The summed E-state index contributed by atoms with van der Waals surface area (Å²) in [5, 5.41) is 9.05. The summed E-state index contributed by atoms with van der Waals surface area (Å²) >= 11 is 6.40. The lowest BCUT2D eigenvalue weighted by atomic mass is 10.0. The van der Waals surface area contributed by atoms with Gasteiger partial charge in [-0.05, 0) is 30.8 Å². The summed E-state index contributed by atoms with van der Waals surface area (Å²) in [6.07, 6.45) is 1.60. The van der Waals surface area contributed by atoms with Crippen molar-refractivity contribution in [1.29, 1.82) is 0 Å². The quantitative estimate of drug-likeness (QED) is 0.616. The zero-order valence-electron chi connectivity index (χ0n) is 16.6. The van der Waals surface area contributed by atoms with Crippen LogP contribution in [0.5, 0.6) is 0 Å². The molecule has 0 bridgehead atoms. The highest BCUT2D eigenvalue weighted by atomic mass is 35.5. The van der Waals surface area contributed by atoms with Gasteiger partial charge in [-0.15, -0.1) is 0 Å². The molecule has 6 nitrogen and oxygen atoms in total. The molecule has 0 aliphatic carbocycles. The lowest BCUT2D eigenvalue weighted by Gasteiger charge is -2.31. The summed E-state index contributed by atoms with van der Waals surface area (Å²) in [5.74, 6) is -0.265. The Morgan fingerprint density at radius 1 is 1.14 bits per heavy atom. The van der Waals surface area contributed by atoms with E-state index in [4.69, 9.17) is 11.6 Å². The molecule has 3 rings (SSSR count). The molecule has 1 atom stereocenters. The molecule has 0 aliphatic rings. The Kier molecular flexibility index (Phi) is 7.01. The summed E-state index contributed by atoms with van der Waals surface area (Å²) in [6.45, 7) is 6.08. The molecule has 0 fully saturated rings. The predicted molar refractivity (Wildman–Crippen MR) is 116 cm³/mol. The van der Waals surface area contributed by atoms with Gasteiger partial charge in [0.1, 0.15) is 6.54 Å². The number of rotatable bonds is 8. The second kappa shape index (κ2) is 9.67. The second-order valence-corrected chi connectivity index (χ2v) is 7.16. The summed E-state index contributed by atoms with van der Waals surface area (Å²) < 4.78 is 1.19. The molecule has 0 radical (unpaired) electrons. The van der Waals surface area contributed by atoms with Crippen molar-refractivity contribution in [3.8, 4) is 0 Å². The molecule has 29 heavy (non-hydrogen) atoms. The normalized spacial score (nSPS) is 12.3. The van der Waals surface area contributed by atoms with Crippen LogP contribution in [0.4, 0.5) is 0 Å². The van der Waals surface area contributed by atoms with E-state index in [1.54, 1.807) is 18.3 Å². The van der Waals surface area contributed by atoms with E-state index >= 15 is 0 Å². The molecule has 0 aliphatic heterocycles. The van der Waals surface area contributed by atoms with Crippen LogP contribution in [-0.4, -0.2) is 40.2 Å². The van der Waals surface area contributed by atoms with Crippen molar-refractivity contribution in [2.45, 2.75) is 26.4 Å². The van der Waals surface area contributed by atoms with Crippen LogP contribution in [0.25, 0.3) is 10.8 Å². The number of fused-ring (bicyclic) bond motifs is 1. The van der Waals surface area contributed by atoms with Crippen LogP contribution in [0.15, 0.2) is 59.5 Å². The largest absolute Gasteiger partial charge is 0.353 e. The molecule has 0 spiro atoms. The number of halogens is 1. The highest BCUT2D eigenvalue weighted by molar-refractivity contribution is 6.31. The van der Waals surface area contributed by atoms with Gasteiger partial charge in [-0.3, -0.25) is 14.5 Å². The summed E-state index contributed by atoms with van der Waals surface area (Å²) in [4.78, 5) is 27.4. The summed E-state index contributed by atoms with van der Waals surface area (Å²) in [6, 6.07) is 14.8. The molecule has 1 amide bonds. The van der Waals surface area contributed by atoms with E-state index < -0.39 is 0 Å². The molecule has 152 valence electrons. The number of benzene rings is 2. The number of amides is 1. The molecule has 0 saturated carbocycles. The zero-order valence-corrected chi connectivity index (χ0v) is 17.4.